The van der Waals surface area contributed by atoms with E-state index in [1.54, 1.807) is 6.92 Å². The topological polar surface area (TPSA) is 61.2 Å². The summed E-state index contributed by atoms with van der Waals surface area (Å²) in [6.45, 7) is 2.05. The second-order valence-electron chi connectivity index (χ2n) is 3.94. The van der Waals surface area contributed by atoms with E-state index in [9.17, 15) is 9.59 Å². The minimum Gasteiger partial charge on any atom is -0.464 e. The van der Waals surface area contributed by atoms with Gasteiger partial charge in [0.15, 0.2) is 12.3 Å². The molecular weight excluding hydrogens is 244 g/mol. The average molecular weight is 258 g/mol. The maximum atomic E-state index is 12.1. The molecule has 0 fully saturated rings. The van der Waals surface area contributed by atoms with Crippen molar-refractivity contribution in [1.29, 1.82) is 0 Å². The molecule has 0 unspecified atom stereocenters. The highest BCUT2D eigenvalue weighted by molar-refractivity contribution is 5.79. The maximum Gasteiger partial charge on any atom is 0.335 e. The Kier molecular flexibility index (Phi) is 4.07. The SMILES string of the molecule is CCOC(=O)[C@H](c1ccccc1)n1cc(C=O)cn1. The van der Waals surface area contributed by atoms with E-state index in [-0.39, 0.29) is 0 Å². The van der Waals surface area contributed by atoms with Gasteiger partial charge in [-0.3, -0.25) is 9.48 Å². The van der Waals surface area contributed by atoms with Crippen LogP contribution in [0.15, 0.2) is 42.7 Å². The number of ether oxygens (including phenoxy) is 1. The molecule has 0 bridgehead atoms. The lowest BCUT2D eigenvalue weighted by molar-refractivity contribution is -0.146. The Morgan fingerprint density at radius 3 is 2.74 bits per heavy atom. The lowest BCUT2D eigenvalue weighted by Gasteiger charge is -2.16. The van der Waals surface area contributed by atoms with Crippen molar-refractivity contribution in [2.45, 2.75) is 13.0 Å². The number of benzene rings is 1. The monoisotopic (exact) mass is 258 g/mol. The Balaban J connectivity index is 2.39. The first-order valence-electron chi connectivity index (χ1n) is 5.97. The normalized spacial score (nSPS) is 11.8. The summed E-state index contributed by atoms with van der Waals surface area (Å²) in [5.74, 6) is -0.394. The Hall–Kier alpha value is -2.43. The van der Waals surface area contributed by atoms with E-state index in [2.05, 4.69) is 5.10 Å². The van der Waals surface area contributed by atoms with Crippen LogP contribution in [0.25, 0.3) is 0 Å². The fraction of sp³-hybridized carbons (Fsp3) is 0.214. The van der Waals surface area contributed by atoms with Crippen LogP contribution in [0.5, 0.6) is 0 Å². The van der Waals surface area contributed by atoms with Crippen LogP contribution < -0.4 is 0 Å². The molecule has 0 aliphatic rings. The molecule has 2 rings (SSSR count). The number of carbonyl (C=O) groups excluding carboxylic acids is 2. The Morgan fingerprint density at radius 2 is 2.16 bits per heavy atom. The van der Waals surface area contributed by atoms with Gasteiger partial charge in [-0.05, 0) is 12.5 Å². The van der Waals surface area contributed by atoms with E-state index in [1.807, 2.05) is 30.3 Å². The third kappa shape index (κ3) is 2.88. The number of nitrogens with zero attached hydrogens (tertiary/aromatic N) is 2. The molecule has 0 amide bonds. The summed E-state index contributed by atoms with van der Waals surface area (Å²) in [4.78, 5) is 22.8. The zero-order valence-corrected chi connectivity index (χ0v) is 10.5. The first-order chi connectivity index (χ1) is 9.26. The number of esters is 1. The Labute approximate surface area is 110 Å². The van der Waals surface area contributed by atoms with Crippen molar-refractivity contribution in [2.24, 2.45) is 0 Å². The molecule has 1 atom stereocenters. The first-order valence-corrected chi connectivity index (χ1v) is 5.97. The summed E-state index contributed by atoms with van der Waals surface area (Å²) < 4.78 is 6.51. The third-order valence-electron chi connectivity index (χ3n) is 2.65. The van der Waals surface area contributed by atoms with Crippen LogP contribution in [-0.2, 0) is 9.53 Å². The van der Waals surface area contributed by atoms with Crippen LogP contribution in [-0.4, -0.2) is 28.6 Å². The summed E-state index contributed by atoms with van der Waals surface area (Å²) >= 11 is 0. The molecule has 1 heterocycles. The highest BCUT2D eigenvalue weighted by Gasteiger charge is 2.24. The standard InChI is InChI=1S/C14H14N2O3/c1-2-19-14(18)13(12-6-4-3-5-7-12)16-9-11(10-17)8-15-16/h3-10,13H,2H2,1H3/t13-/m0/s1. The molecule has 0 saturated heterocycles. The van der Waals surface area contributed by atoms with Crippen LogP contribution in [0.3, 0.4) is 0 Å². The molecule has 0 aliphatic carbocycles. The van der Waals surface area contributed by atoms with Gasteiger partial charge in [-0.25, -0.2) is 4.79 Å². The molecule has 1 aromatic heterocycles. The van der Waals surface area contributed by atoms with Gasteiger partial charge >= 0.3 is 5.97 Å². The summed E-state index contributed by atoms with van der Waals surface area (Å²) in [5.41, 5.74) is 1.19. The number of rotatable bonds is 5. The lowest BCUT2D eigenvalue weighted by atomic mass is 10.1. The molecular formula is C14H14N2O3. The predicted octanol–water partition coefficient (Wildman–Crippen LogP) is 1.85. The molecule has 0 N–H and O–H groups in total. The van der Waals surface area contributed by atoms with Crippen LogP contribution in [0, 0.1) is 0 Å². The van der Waals surface area contributed by atoms with Gasteiger partial charge in [0.1, 0.15) is 0 Å². The van der Waals surface area contributed by atoms with Crippen LogP contribution in [0.2, 0.25) is 0 Å². The van der Waals surface area contributed by atoms with Crippen molar-refractivity contribution in [1.82, 2.24) is 9.78 Å². The Morgan fingerprint density at radius 1 is 1.42 bits per heavy atom. The quantitative estimate of drug-likeness (QED) is 0.606. The van der Waals surface area contributed by atoms with Crippen LogP contribution in [0.4, 0.5) is 0 Å². The van der Waals surface area contributed by atoms with Gasteiger partial charge in [0, 0.05) is 6.20 Å². The predicted molar refractivity (Wildman–Crippen MR) is 68.8 cm³/mol. The molecule has 19 heavy (non-hydrogen) atoms. The van der Waals surface area contributed by atoms with Crippen LogP contribution in [0.1, 0.15) is 28.9 Å². The molecule has 0 aliphatic heterocycles. The van der Waals surface area contributed by atoms with Crippen molar-refractivity contribution in [3.63, 3.8) is 0 Å². The first kappa shape index (κ1) is 13.0. The second-order valence-corrected chi connectivity index (χ2v) is 3.94. The van der Waals surface area contributed by atoms with Crippen molar-refractivity contribution in [3.8, 4) is 0 Å². The fourth-order valence-electron chi connectivity index (χ4n) is 1.81. The third-order valence-corrected chi connectivity index (χ3v) is 2.65. The van der Waals surface area contributed by atoms with E-state index >= 15 is 0 Å². The lowest BCUT2D eigenvalue weighted by Crippen LogP contribution is -2.23. The molecule has 1 aromatic carbocycles. The maximum absolute atomic E-state index is 12.1. The number of hydrogen-bond donors (Lipinski definition) is 0. The second kappa shape index (κ2) is 5.95. The summed E-state index contributed by atoms with van der Waals surface area (Å²) in [7, 11) is 0. The Bertz CT molecular complexity index is 563. The highest BCUT2D eigenvalue weighted by Crippen LogP contribution is 2.19. The van der Waals surface area contributed by atoms with Gasteiger partial charge in [-0.1, -0.05) is 30.3 Å². The van der Waals surface area contributed by atoms with Gasteiger partial charge in [0.25, 0.3) is 0 Å². The zero-order valence-electron chi connectivity index (χ0n) is 10.5. The molecule has 0 spiro atoms. The van der Waals surface area contributed by atoms with Crippen LogP contribution >= 0.6 is 0 Å². The highest BCUT2D eigenvalue weighted by atomic mass is 16.5. The summed E-state index contributed by atoms with van der Waals surface area (Å²) in [5, 5.41) is 4.05. The molecule has 2 aromatic rings. The summed E-state index contributed by atoms with van der Waals surface area (Å²) in [6.07, 6.45) is 3.64. The fourth-order valence-corrected chi connectivity index (χ4v) is 1.81. The number of hydrogen-bond acceptors (Lipinski definition) is 4. The minimum atomic E-state index is -0.671. The average Bonchev–Trinajstić information content (AvgIpc) is 2.89. The molecule has 0 radical (unpaired) electrons. The van der Waals surface area contributed by atoms with Gasteiger partial charge in [-0.2, -0.15) is 5.10 Å². The van der Waals surface area contributed by atoms with Gasteiger partial charge < -0.3 is 4.74 Å². The van der Waals surface area contributed by atoms with Crippen molar-refractivity contribution < 1.29 is 14.3 Å². The van der Waals surface area contributed by atoms with E-state index in [4.69, 9.17) is 4.74 Å². The smallest absolute Gasteiger partial charge is 0.335 e. The van der Waals surface area contributed by atoms with E-state index in [0.29, 0.717) is 18.5 Å². The van der Waals surface area contributed by atoms with E-state index in [0.717, 1.165) is 5.56 Å². The van der Waals surface area contributed by atoms with Crippen molar-refractivity contribution in [2.75, 3.05) is 6.61 Å². The summed E-state index contributed by atoms with van der Waals surface area (Å²) in [6, 6.07) is 8.52. The molecule has 98 valence electrons. The van der Waals surface area contributed by atoms with Crippen molar-refractivity contribution >= 4 is 12.3 Å². The minimum absolute atomic E-state index is 0.296. The zero-order chi connectivity index (χ0) is 13.7. The van der Waals surface area contributed by atoms with E-state index in [1.165, 1.54) is 17.1 Å². The molecule has 0 saturated carbocycles. The molecule has 5 heteroatoms. The van der Waals surface area contributed by atoms with Gasteiger partial charge in [0.05, 0.1) is 18.4 Å². The number of aromatic nitrogens is 2. The van der Waals surface area contributed by atoms with Crippen molar-refractivity contribution in [3.05, 3.63) is 53.9 Å². The number of carbonyl (C=O) groups is 2. The van der Waals surface area contributed by atoms with E-state index < -0.39 is 12.0 Å². The largest absolute Gasteiger partial charge is 0.464 e. The van der Waals surface area contributed by atoms with Gasteiger partial charge in [0.2, 0.25) is 0 Å². The molecule has 5 nitrogen and oxygen atoms in total. The number of aldehydes is 1. The van der Waals surface area contributed by atoms with Gasteiger partial charge in [-0.15, -0.1) is 0 Å².